The Morgan fingerprint density at radius 2 is 1.33 bits per heavy atom. The fourth-order valence-corrected chi connectivity index (χ4v) is 2.43. The summed E-state index contributed by atoms with van der Waals surface area (Å²) in [6.45, 7) is 4.31. The Hall–Kier alpha value is -1.87. The maximum Gasteiger partial charge on any atom is 0.304 e. The first-order valence-corrected chi connectivity index (χ1v) is 7.50. The number of hydrogen-bond acceptors (Lipinski definition) is 9. The number of carbonyl (C=O) groups excluding carboxylic acids is 4. The highest BCUT2D eigenvalue weighted by Crippen LogP contribution is 2.31. The number of rotatable bonds is 5. The summed E-state index contributed by atoms with van der Waals surface area (Å²) in [5, 5.41) is -1.13. The smallest absolute Gasteiger partial charge is 0.304 e. The zero-order chi connectivity index (χ0) is 18.4. The van der Waals surface area contributed by atoms with Gasteiger partial charge in [0.05, 0.1) is 0 Å². The van der Waals surface area contributed by atoms with Gasteiger partial charge in [-0.1, -0.05) is 0 Å². The summed E-state index contributed by atoms with van der Waals surface area (Å²) in [6.07, 6.45) is -4.62. The highest BCUT2D eigenvalue weighted by Gasteiger charge is 2.51. The number of ether oxygens (including phenoxy) is 5. The van der Waals surface area contributed by atoms with Crippen molar-refractivity contribution in [3.05, 3.63) is 0 Å². The predicted octanol–water partition coefficient (Wildman–Crippen LogP) is 0.308. The molecule has 0 aliphatic carbocycles. The molecule has 0 N–H and O–H groups in total. The zero-order valence-electron chi connectivity index (χ0n) is 13.6. The van der Waals surface area contributed by atoms with Crippen molar-refractivity contribution >= 4 is 35.5 Å². The van der Waals surface area contributed by atoms with Crippen molar-refractivity contribution in [2.24, 2.45) is 0 Å². The van der Waals surface area contributed by atoms with Gasteiger partial charge in [0.1, 0.15) is 18.1 Å². The summed E-state index contributed by atoms with van der Waals surface area (Å²) >= 11 is 6.16. The van der Waals surface area contributed by atoms with Crippen LogP contribution in [-0.4, -0.2) is 60.5 Å². The standard InChI is InChI=1S/C14H19ClO9/c1-6(16)20-5-10-12(21-7(2)17)13(22-8(3)18)11(15)14(24-10)23-9(4)19/h10-14H,5H2,1-4H3/t10-,11-,12-,13-,14?/m1/s1. The lowest BCUT2D eigenvalue weighted by molar-refractivity contribution is -0.257. The Balaban J connectivity index is 3.08. The third kappa shape index (κ3) is 5.97. The predicted molar refractivity (Wildman–Crippen MR) is 77.8 cm³/mol. The summed E-state index contributed by atoms with van der Waals surface area (Å²) in [5.41, 5.74) is 0. The summed E-state index contributed by atoms with van der Waals surface area (Å²) in [7, 11) is 0. The average Bonchev–Trinajstić information content (AvgIpc) is 2.42. The van der Waals surface area contributed by atoms with Crippen molar-refractivity contribution in [1.82, 2.24) is 0 Å². The van der Waals surface area contributed by atoms with E-state index in [9.17, 15) is 19.2 Å². The van der Waals surface area contributed by atoms with Gasteiger partial charge in [-0.2, -0.15) is 0 Å². The van der Waals surface area contributed by atoms with E-state index in [-0.39, 0.29) is 6.61 Å². The highest BCUT2D eigenvalue weighted by atomic mass is 35.5. The van der Waals surface area contributed by atoms with Crippen molar-refractivity contribution in [2.75, 3.05) is 6.61 Å². The Bertz CT molecular complexity index is 490. The minimum atomic E-state index is -1.28. The van der Waals surface area contributed by atoms with E-state index in [0.29, 0.717) is 0 Å². The quantitative estimate of drug-likeness (QED) is 0.385. The molecule has 0 radical (unpaired) electrons. The van der Waals surface area contributed by atoms with Crippen LogP contribution in [0.2, 0.25) is 0 Å². The molecule has 9 nitrogen and oxygen atoms in total. The van der Waals surface area contributed by atoms with E-state index in [1.165, 1.54) is 6.92 Å². The van der Waals surface area contributed by atoms with Crippen LogP contribution in [0, 0.1) is 0 Å². The van der Waals surface area contributed by atoms with E-state index < -0.39 is 53.9 Å². The number of esters is 4. The Kier molecular flexibility index (Phi) is 7.43. The van der Waals surface area contributed by atoms with Gasteiger partial charge in [0, 0.05) is 27.7 Å². The normalized spacial score (nSPS) is 29.3. The second-order valence-corrected chi connectivity index (χ2v) is 5.55. The van der Waals surface area contributed by atoms with Crippen molar-refractivity contribution < 1.29 is 42.9 Å². The topological polar surface area (TPSA) is 114 Å². The molecule has 0 spiro atoms. The molecule has 0 saturated carbocycles. The van der Waals surface area contributed by atoms with Crippen LogP contribution in [0.15, 0.2) is 0 Å². The SMILES string of the molecule is CC(=O)OC[C@H]1OC(OC(C)=O)[C@H](Cl)[C@@H](OC(C)=O)[C@@H]1OC(C)=O. The van der Waals surface area contributed by atoms with Gasteiger partial charge in [-0.3, -0.25) is 19.2 Å². The second kappa shape index (κ2) is 8.84. The number of halogens is 1. The minimum Gasteiger partial charge on any atom is -0.463 e. The Morgan fingerprint density at radius 1 is 0.833 bits per heavy atom. The first kappa shape index (κ1) is 20.2. The van der Waals surface area contributed by atoms with Crippen LogP contribution in [0.3, 0.4) is 0 Å². The van der Waals surface area contributed by atoms with Crippen LogP contribution in [-0.2, 0) is 42.9 Å². The van der Waals surface area contributed by atoms with Gasteiger partial charge >= 0.3 is 23.9 Å². The maximum atomic E-state index is 11.3. The van der Waals surface area contributed by atoms with Gasteiger partial charge in [-0.25, -0.2) is 0 Å². The van der Waals surface area contributed by atoms with E-state index in [4.69, 9.17) is 35.3 Å². The molecule has 1 aliphatic heterocycles. The van der Waals surface area contributed by atoms with Crippen molar-refractivity contribution in [1.29, 1.82) is 0 Å². The van der Waals surface area contributed by atoms with E-state index in [1.807, 2.05) is 0 Å². The van der Waals surface area contributed by atoms with Gasteiger partial charge in [-0.05, 0) is 0 Å². The molecular weight excluding hydrogens is 348 g/mol. The lowest BCUT2D eigenvalue weighted by atomic mass is 10.0. The van der Waals surface area contributed by atoms with Gasteiger partial charge in [0.25, 0.3) is 0 Å². The fraction of sp³-hybridized carbons (Fsp3) is 0.714. The molecule has 136 valence electrons. The third-order valence-corrected chi connectivity index (χ3v) is 3.36. The molecule has 1 saturated heterocycles. The van der Waals surface area contributed by atoms with Crippen LogP contribution < -0.4 is 0 Å². The van der Waals surface area contributed by atoms with E-state index in [2.05, 4.69) is 0 Å². The van der Waals surface area contributed by atoms with Gasteiger partial charge in [0.2, 0.25) is 6.29 Å². The van der Waals surface area contributed by atoms with Crippen LogP contribution in [0.5, 0.6) is 0 Å². The Morgan fingerprint density at radius 3 is 1.79 bits per heavy atom. The molecule has 0 aromatic rings. The monoisotopic (exact) mass is 366 g/mol. The summed E-state index contributed by atoms with van der Waals surface area (Å²) < 4.78 is 25.5. The lowest BCUT2D eigenvalue weighted by Gasteiger charge is -2.42. The molecule has 5 atom stereocenters. The molecule has 1 unspecified atom stereocenters. The van der Waals surface area contributed by atoms with Gasteiger partial charge in [0.15, 0.2) is 12.2 Å². The van der Waals surface area contributed by atoms with E-state index in [1.54, 1.807) is 0 Å². The van der Waals surface area contributed by atoms with Gasteiger partial charge in [-0.15, -0.1) is 11.6 Å². The molecule has 1 fully saturated rings. The lowest BCUT2D eigenvalue weighted by Crippen LogP contribution is -2.60. The van der Waals surface area contributed by atoms with Gasteiger partial charge < -0.3 is 23.7 Å². The largest absolute Gasteiger partial charge is 0.463 e. The second-order valence-electron chi connectivity index (χ2n) is 5.05. The number of alkyl halides is 1. The zero-order valence-corrected chi connectivity index (χ0v) is 14.4. The molecule has 24 heavy (non-hydrogen) atoms. The average molecular weight is 367 g/mol. The summed E-state index contributed by atoms with van der Waals surface area (Å²) in [5.74, 6) is -2.63. The van der Waals surface area contributed by atoms with Crippen molar-refractivity contribution in [3.8, 4) is 0 Å². The van der Waals surface area contributed by atoms with Crippen LogP contribution in [0.25, 0.3) is 0 Å². The molecule has 0 aromatic carbocycles. The first-order chi connectivity index (χ1) is 11.1. The summed E-state index contributed by atoms with van der Waals surface area (Å²) in [6, 6.07) is 0. The fourth-order valence-electron chi connectivity index (χ4n) is 2.12. The van der Waals surface area contributed by atoms with Crippen LogP contribution in [0.1, 0.15) is 27.7 Å². The Labute approximate surface area is 143 Å². The van der Waals surface area contributed by atoms with Crippen molar-refractivity contribution in [2.45, 2.75) is 57.7 Å². The highest BCUT2D eigenvalue weighted by molar-refractivity contribution is 6.21. The minimum absolute atomic E-state index is 0.313. The van der Waals surface area contributed by atoms with E-state index >= 15 is 0 Å². The maximum absolute atomic E-state index is 11.3. The van der Waals surface area contributed by atoms with Crippen LogP contribution >= 0.6 is 11.6 Å². The molecular formula is C14H19ClO9. The molecule has 1 aliphatic rings. The molecule has 1 rings (SSSR count). The number of hydrogen-bond donors (Lipinski definition) is 0. The molecule has 10 heteroatoms. The number of carbonyl (C=O) groups is 4. The first-order valence-electron chi connectivity index (χ1n) is 7.06. The summed E-state index contributed by atoms with van der Waals surface area (Å²) in [4.78, 5) is 44.9. The van der Waals surface area contributed by atoms with E-state index in [0.717, 1.165) is 20.8 Å². The third-order valence-electron chi connectivity index (χ3n) is 2.91. The van der Waals surface area contributed by atoms with Crippen LogP contribution in [0.4, 0.5) is 0 Å². The molecule has 0 amide bonds. The van der Waals surface area contributed by atoms with Crippen molar-refractivity contribution in [3.63, 3.8) is 0 Å². The molecule has 0 bridgehead atoms. The molecule has 0 aromatic heterocycles. The molecule has 1 heterocycles.